The van der Waals surface area contributed by atoms with Crippen molar-refractivity contribution in [1.29, 1.82) is 0 Å². The summed E-state index contributed by atoms with van der Waals surface area (Å²) in [6.45, 7) is 4.09. The van der Waals surface area contributed by atoms with Gasteiger partial charge in [-0.25, -0.2) is 0 Å². The maximum atomic E-state index is 6.42. The number of hydrogen-bond donors (Lipinski definition) is 0. The molecule has 0 amide bonds. The van der Waals surface area contributed by atoms with E-state index in [9.17, 15) is 0 Å². The fraction of sp³-hybridized carbons (Fsp3) is 0.0833. The van der Waals surface area contributed by atoms with Crippen molar-refractivity contribution in [1.82, 2.24) is 0 Å². The van der Waals surface area contributed by atoms with Gasteiger partial charge < -0.3 is 0 Å². The summed E-state index contributed by atoms with van der Waals surface area (Å²) in [6, 6.07) is 53.3. The molecule has 242 valence electrons. The van der Waals surface area contributed by atoms with E-state index in [1.807, 2.05) is 13.8 Å². The van der Waals surface area contributed by atoms with Crippen LogP contribution in [0.5, 0.6) is 0 Å². The molecule has 2 nitrogen and oxygen atoms in total. The standard InChI is InChI=1S/2C24H17O.Zr/c2*1-16-9-12-24(25-16)21-14-19-7-4-8-22(23(19)15-21)20-11-10-17-5-2-3-6-18(17)13-20;/h2*2-15H,1H3;. The molecule has 6 aromatic carbocycles. The average molecular weight is 734 g/mol. The van der Waals surface area contributed by atoms with Gasteiger partial charge in [0.25, 0.3) is 0 Å². The molecule has 8 aromatic rings. The van der Waals surface area contributed by atoms with E-state index < -0.39 is 23.2 Å². The van der Waals surface area contributed by atoms with Gasteiger partial charge in [-0.1, -0.05) is 0 Å². The number of fused-ring (bicyclic) bond motifs is 4. The number of aryl methyl sites for hydroxylation is 2. The second-order valence-electron chi connectivity index (χ2n) is 13.8. The molecule has 2 aliphatic rings. The van der Waals surface area contributed by atoms with Gasteiger partial charge in [0.05, 0.1) is 0 Å². The normalized spacial score (nSPS) is 16.3. The van der Waals surface area contributed by atoms with Crippen LogP contribution in [0.25, 0.3) is 67.1 Å². The maximum absolute atomic E-state index is 6.42. The number of allylic oxidation sites excluding steroid dienone is 2. The molecule has 0 spiro atoms. The first-order valence-corrected chi connectivity index (χ1v) is 20.5. The third-order valence-electron chi connectivity index (χ3n) is 10.6. The second-order valence-corrected chi connectivity index (χ2v) is 17.5. The number of benzene rings is 6. The van der Waals surface area contributed by atoms with Gasteiger partial charge in [0.1, 0.15) is 0 Å². The molecule has 0 aliphatic heterocycles. The Hall–Kier alpha value is -5.24. The third-order valence-corrected chi connectivity index (χ3v) is 15.3. The molecule has 51 heavy (non-hydrogen) atoms. The van der Waals surface area contributed by atoms with Gasteiger partial charge >= 0.3 is 311 Å². The Bertz CT molecular complexity index is 2530. The first-order valence-electron chi connectivity index (χ1n) is 17.6. The molecule has 3 heteroatoms. The molecule has 10 rings (SSSR count). The Morgan fingerprint density at radius 1 is 0.431 bits per heavy atom. The Kier molecular flexibility index (Phi) is 7.33. The fourth-order valence-corrected chi connectivity index (χ4v) is 13.1. The van der Waals surface area contributed by atoms with Crippen molar-refractivity contribution >= 4 is 44.8 Å². The zero-order valence-corrected chi connectivity index (χ0v) is 30.9. The van der Waals surface area contributed by atoms with Crippen molar-refractivity contribution in [2.75, 3.05) is 0 Å². The van der Waals surface area contributed by atoms with E-state index in [1.165, 1.54) is 77.2 Å². The summed E-state index contributed by atoms with van der Waals surface area (Å²) in [5.74, 6) is 3.86. The number of hydrogen-bond acceptors (Lipinski definition) is 2. The topological polar surface area (TPSA) is 26.3 Å². The van der Waals surface area contributed by atoms with Crippen LogP contribution in [0.15, 0.2) is 154 Å². The van der Waals surface area contributed by atoms with Crippen LogP contribution in [0.2, 0.25) is 0 Å². The van der Waals surface area contributed by atoms with Crippen LogP contribution in [0.4, 0.5) is 0 Å². The predicted molar refractivity (Wildman–Crippen MR) is 207 cm³/mol. The van der Waals surface area contributed by atoms with Crippen molar-refractivity contribution in [3.8, 4) is 22.3 Å². The Morgan fingerprint density at radius 2 is 0.882 bits per heavy atom. The molecule has 2 heterocycles. The zero-order valence-electron chi connectivity index (χ0n) is 28.5. The van der Waals surface area contributed by atoms with Gasteiger partial charge in [-0.3, -0.25) is 0 Å². The van der Waals surface area contributed by atoms with Gasteiger partial charge in [-0.2, -0.15) is 0 Å². The van der Waals surface area contributed by atoms with Crippen molar-refractivity contribution in [2.45, 2.75) is 21.1 Å². The summed E-state index contributed by atoms with van der Waals surface area (Å²) in [6.07, 6.45) is 4.87. The van der Waals surface area contributed by atoms with Crippen LogP contribution in [0.1, 0.15) is 52.5 Å². The first-order chi connectivity index (χ1) is 25.1. The molecule has 2 aliphatic carbocycles. The van der Waals surface area contributed by atoms with Gasteiger partial charge in [0, 0.05) is 0 Å². The Labute approximate surface area is 309 Å². The molecule has 0 fully saturated rings. The van der Waals surface area contributed by atoms with E-state index in [4.69, 9.17) is 8.83 Å². The molecule has 2 aromatic heterocycles. The molecule has 2 atom stereocenters. The second kappa shape index (κ2) is 12.2. The molecular weight excluding hydrogens is 700 g/mol. The Morgan fingerprint density at radius 3 is 1.31 bits per heavy atom. The van der Waals surface area contributed by atoms with Crippen LogP contribution in [-0.4, -0.2) is 0 Å². The summed E-state index contributed by atoms with van der Waals surface area (Å²) in [7, 11) is 0. The molecule has 0 saturated carbocycles. The average Bonchev–Trinajstić information content (AvgIpc) is 3.97. The van der Waals surface area contributed by atoms with Gasteiger partial charge in [0.2, 0.25) is 0 Å². The Balaban J connectivity index is 1.12. The molecule has 0 N–H and O–H groups in total. The van der Waals surface area contributed by atoms with E-state index in [0.29, 0.717) is 7.25 Å². The van der Waals surface area contributed by atoms with E-state index in [0.717, 1.165) is 23.0 Å². The summed E-state index contributed by atoms with van der Waals surface area (Å²) in [4.78, 5) is 0. The molecular formula is C48H34O2Zr. The molecule has 0 radical (unpaired) electrons. The monoisotopic (exact) mass is 732 g/mol. The van der Waals surface area contributed by atoms with Crippen LogP contribution in [-0.2, 0) is 23.2 Å². The van der Waals surface area contributed by atoms with Crippen molar-refractivity contribution in [3.63, 3.8) is 0 Å². The molecule has 0 bridgehead atoms. The van der Waals surface area contributed by atoms with E-state index in [1.54, 1.807) is 0 Å². The van der Waals surface area contributed by atoms with Gasteiger partial charge in [-0.05, 0) is 0 Å². The van der Waals surface area contributed by atoms with E-state index in [-0.39, 0.29) is 0 Å². The van der Waals surface area contributed by atoms with Gasteiger partial charge in [-0.15, -0.1) is 0 Å². The summed E-state index contributed by atoms with van der Waals surface area (Å²) in [5, 5.41) is 5.05. The molecule has 2 unspecified atom stereocenters. The van der Waals surface area contributed by atoms with E-state index in [2.05, 4.69) is 158 Å². The van der Waals surface area contributed by atoms with Crippen LogP contribution >= 0.6 is 0 Å². The SMILES string of the molecule is Cc1ccc(C2=Cc3c(-c4ccc5ccccc5c4)cccc3[CH]2[Zr][CH]2C(c3ccc(C)o3)=Cc3c(-c4ccc5ccccc5c4)cccc32)o1. The van der Waals surface area contributed by atoms with Crippen molar-refractivity contribution in [3.05, 3.63) is 191 Å². The first kappa shape index (κ1) is 30.6. The minimum absolute atomic E-state index is 0.300. The van der Waals surface area contributed by atoms with E-state index >= 15 is 0 Å². The fourth-order valence-electron chi connectivity index (χ4n) is 8.15. The van der Waals surface area contributed by atoms with Crippen molar-refractivity contribution < 1.29 is 32.1 Å². The number of furan rings is 2. The van der Waals surface area contributed by atoms with Crippen LogP contribution in [0.3, 0.4) is 0 Å². The van der Waals surface area contributed by atoms with Crippen LogP contribution < -0.4 is 0 Å². The summed E-state index contributed by atoms with van der Waals surface area (Å²) in [5.41, 5.74) is 13.2. The van der Waals surface area contributed by atoms with Crippen LogP contribution in [0, 0.1) is 13.8 Å². The third kappa shape index (κ3) is 5.26. The summed E-state index contributed by atoms with van der Waals surface area (Å²) >= 11 is -1.34. The van der Waals surface area contributed by atoms with Crippen molar-refractivity contribution in [2.24, 2.45) is 0 Å². The minimum atomic E-state index is -1.34. The number of rotatable bonds is 6. The zero-order chi connectivity index (χ0) is 34.1. The predicted octanol–water partition coefficient (Wildman–Crippen LogP) is 13.1. The summed E-state index contributed by atoms with van der Waals surface area (Å²) < 4.78 is 13.4. The molecule has 0 saturated heterocycles. The quantitative estimate of drug-likeness (QED) is 0.170. The van der Waals surface area contributed by atoms with Gasteiger partial charge in [0.15, 0.2) is 0 Å².